The number of nitrogens with one attached hydrogen (secondary N) is 2. The fourth-order valence-corrected chi connectivity index (χ4v) is 12.4. The Morgan fingerprint density at radius 2 is 0.632 bits per heavy atom. The molecular weight excluding hydrogens is 941 g/mol. The molecule has 1 atom stereocenters. The SMILES string of the molecule is CCCCCCCC[S+](C)c1c2nc(c(-c3cc(C(C)(C)C)cc(C(C)(C)C)c3)c3ccc([nH]3)c(-c3cc(C(C)(C)C)cc(C(C)(C)C)c3)c3nc(c(-c4cc(C(C)(C)C)cc(C(C)(C)C)c4)c4ccc1[nH]4)C=C3)C=C2. The topological polar surface area (TPSA) is 57.4 Å². The Hall–Kier alpha value is -5.39. The van der Waals surface area contributed by atoms with E-state index in [9.17, 15) is 0 Å². The van der Waals surface area contributed by atoms with Crippen molar-refractivity contribution in [1.82, 2.24) is 19.9 Å². The van der Waals surface area contributed by atoms with E-state index in [0.29, 0.717) is 0 Å². The van der Waals surface area contributed by atoms with Gasteiger partial charge in [0.05, 0.1) is 22.6 Å². The molecule has 2 aliphatic heterocycles. The summed E-state index contributed by atoms with van der Waals surface area (Å²) in [5.41, 5.74) is 22.4. The fraction of sp³-hybridized carbons (Fsp3) is 0.465. The van der Waals surface area contributed by atoms with Crippen molar-refractivity contribution in [2.45, 2.75) is 207 Å². The van der Waals surface area contributed by atoms with Crippen molar-refractivity contribution in [1.29, 1.82) is 0 Å². The molecule has 0 saturated heterocycles. The number of benzene rings is 3. The van der Waals surface area contributed by atoms with Gasteiger partial charge >= 0.3 is 0 Å². The lowest BCUT2D eigenvalue weighted by atomic mass is 9.78. The van der Waals surface area contributed by atoms with Crippen LogP contribution in [0.3, 0.4) is 0 Å². The molecule has 4 nitrogen and oxygen atoms in total. The molecule has 0 fully saturated rings. The predicted molar refractivity (Wildman–Crippen MR) is 337 cm³/mol. The highest BCUT2D eigenvalue weighted by molar-refractivity contribution is 7.96. The van der Waals surface area contributed by atoms with Crippen LogP contribution < -0.4 is 0 Å². The zero-order chi connectivity index (χ0) is 55.5. The summed E-state index contributed by atoms with van der Waals surface area (Å²) in [5.74, 6) is 1.12. The molecule has 0 spiro atoms. The monoisotopic (exact) mass is 1030 g/mol. The van der Waals surface area contributed by atoms with Gasteiger partial charge in [0.25, 0.3) is 0 Å². The molecule has 0 amide bonds. The van der Waals surface area contributed by atoms with E-state index in [1.54, 1.807) is 0 Å². The van der Waals surface area contributed by atoms with Crippen LogP contribution >= 0.6 is 0 Å². The zero-order valence-corrected chi connectivity index (χ0v) is 51.4. The lowest BCUT2D eigenvalue weighted by molar-refractivity contribution is 0.568. The molecule has 5 heterocycles. The number of unbranched alkanes of at least 4 members (excludes halogenated alkanes) is 5. The van der Waals surface area contributed by atoms with Gasteiger partial charge in [-0.1, -0.05) is 212 Å². The van der Waals surface area contributed by atoms with E-state index >= 15 is 0 Å². The number of aromatic amines is 2. The number of nitrogens with zero attached hydrogens (tertiary/aromatic N) is 2. The third kappa shape index (κ3) is 12.5. The van der Waals surface area contributed by atoms with Gasteiger partial charge in [-0.2, -0.15) is 0 Å². The first-order valence-corrected chi connectivity index (χ1v) is 30.4. The standard InChI is InChI=1S/C71H93N4S/c1-21-22-23-24-25-26-35-76(20)65-60-33-31-58(74-60)63(46-38-50(68(8,9)10)43-51(39-46)69(11,12)13)56-29-27-54(72-56)62(45-36-48(66(2,3)4)42-49(37-45)67(5,6)7)55-28-30-57(73-55)64(59-32-34-61(65)75-59)47-40-52(70(14,15)16)44-53(41-47)71(17,18)19/h27-34,36-44,72,75H,21-26,35H2,1-20H3/q+1. The number of fused-ring (bicyclic) bond motifs is 8. The molecule has 3 aromatic carbocycles. The van der Waals surface area contributed by atoms with Gasteiger partial charge in [0, 0.05) is 44.1 Å². The molecule has 0 radical (unpaired) electrons. The van der Waals surface area contributed by atoms with E-state index in [0.717, 1.165) is 72.8 Å². The highest BCUT2D eigenvalue weighted by Gasteiger charge is 2.29. The molecule has 8 bridgehead atoms. The second-order valence-electron chi connectivity index (χ2n) is 28.5. The maximum absolute atomic E-state index is 5.84. The van der Waals surface area contributed by atoms with E-state index < -0.39 is 0 Å². The summed E-state index contributed by atoms with van der Waals surface area (Å²) in [4.78, 5) is 21.2. The molecule has 8 rings (SSSR count). The van der Waals surface area contributed by atoms with Gasteiger partial charge in [0.15, 0.2) is 0 Å². The second-order valence-corrected chi connectivity index (χ2v) is 30.6. The Labute approximate surface area is 462 Å². The van der Waals surface area contributed by atoms with Gasteiger partial charge in [-0.05, 0) is 144 Å². The van der Waals surface area contributed by atoms with Crippen molar-refractivity contribution in [3.63, 3.8) is 0 Å². The quantitative estimate of drug-likeness (QED) is 0.100. The number of hydrogen-bond donors (Lipinski definition) is 2. The van der Waals surface area contributed by atoms with E-state index in [1.165, 1.54) is 87.9 Å². The molecule has 402 valence electrons. The smallest absolute Gasteiger partial charge is 0.203 e. The first-order valence-electron chi connectivity index (χ1n) is 28.6. The molecule has 1 unspecified atom stereocenters. The van der Waals surface area contributed by atoms with Gasteiger partial charge in [-0.15, -0.1) is 0 Å². The van der Waals surface area contributed by atoms with Gasteiger partial charge in [-0.3, -0.25) is 0 Å². The van der Waals surface area contributed by atoms with Crippen LogP contribution in [0.25, 0.3) is 79.8 Å². The second kappa shape index (κ2) is 21.1. The van der Waals surface area contributed by atoms with Gasteiger partial charge < -0.3 is 9.97 Å². The minimum absolute atomic E-state index is 0.0665. The molecule has 2 N–H and O–H groups in total. The third-order valence-electron chi connectivity index (χ3n) is 15.7. The van der Waals surface area contributed by atoms with E-state index in [2.05, 4.69) is 251 Å². The Morgan fingerprint density at radius 3 is 0.961 bits per heavy atom. The normalized spacial score (nSPS) is 14.0. The largest absolute Gasteiger partial charge is 0.354 e. The number of H-pyrrole nitrogens is 2. The average Bonchev–Trinajstić information content (AvgIpc) is 4.17. The first kappa shape index (κ1) is 56.8. The number of hydrogen-bond acceptors (Lipinski definition) is 2. The Balaban J connectivity index is 1.58. The summed E-state index contributed by atoms with van der Waals surface area (Å²) in [6.07, 6.45) is 19.2. The van der Waals surface area contributed by atoms with Crippen LogP contribution in [0.4, 0.5) is 0 Å². The average molecular weight is 1030 g/mol. The van der Waals surface area contributed by atoms with Crippen LogP contribution in [0, 0.1) is 0 Å². The lowest BCUT2D eigenvalue weighted by Gasteiger charge is -2.26. The Morgan fingerprint density at radius 1 is 0.355 bits per heavy atom. The van der Waals surface area contributed by atoms with E-state index in [1.807, 2.05) is 0 Å². The van der Waals surface area contributed by atoms with Gasteiger partial charge in [0.1, 0.15) is 17.7 Å². The molecule has 3 aromatic heterocycles. The summed E-state index contributed by atoms with van der Waals surface area (Å²) in [6.45, 7) is 44.3. The third-order valence-corrected chi connectivity index (χ3v) is 17.7. The van der Waals surface area contributed by atoms with Crippen molar-refractivity contribution >= 4 is 57.3 Å². The first-order chi connectivity index (χ1) is 35.3. The number of aromatic nitrogens is 4. The van der Waals surface area contributed by atoms with Crippen LogP contribution in [-0.2, 0) is 43.4 Å². The van der Waals surface area contributed by atoms with Crippen LogP contribution in [0.2, 0.25) is 0 Å². The molecule has 76 heavy (non-hydrogen) atoms. The lowest BCUT2D eigenvalue weighted by Crippen LogP contribution is -2.16. The van der Waals surface area contributed by atoms with Crippen LogP contribution in [0.15, 0.2) is 83.8 Å². The summed E-state index contributed by atoms with van der Waals surface area (Å²) in [6, 6.07) is 31.1. The minimum Gasteiger partial charge on any atom is -0.354 e. The highest BCUT2D eigenvalue weighted by atomic mass is 32.2. The molecular formula is C71H93N4S+. The summed E-state index contributed by atoms with van der Waals surface area (Å²) < 4.78 is 0. The van der Waals surface area contributed by atoms with Crippen molar-refractivity contribution < 1.29 is 0 Å². The van der Waals surface area contributed by atoms with Crippen LogP contribution in [0.1, 0.15) is 226 Å². The summed E-state index contributed by atoms with van der Waals surface area (Å²) in [7, 11) is -0.101. The van der Waals surface area contributed by atoms with E-state index in [4.69, 9.17) is 9.97 Å². The molecule has 2 aliphatic rings. The van der Waals surface area contributed by atoms with Gasteiger partial charge in [0.2, 0.25) is 4.90 Å². The fourth-order valence-electron chi connectivity index (χ4n) is 10.6. The Kier molecular flexibility index (Phi) is 15.8. The minimum atomic E-state index is -0.101. The van der Waals surface area contributed by atoms with Gasteiger partial charge in [-0.25, -0.2) is 9.97 Å². The van der Waals surface area contributed by atoms with Crippen molar-refractivity contribution in [3.05, 3.63) is 135 Å². The summed E-state index contributed by atoms with van der Waals surface area (Å²) >= 11 is 0. The van der Waals surface area contributed by atoms with Crippen LogP contribution in [0.5, 0.6) is 0 Å². The van der Waals surface area contributed by atoms with Crippen molar-refractivity contribution in [3.8, 4) is 33.4 Å². The number of rotatable bonds is 11. The van der Waals surface area contributed by atoms with Crippen molar-refractivity contribution in [2.24, 2.45) is 0 Å². The van der Waals surface area contributed by atoms with E-state index in [-0.39, 0.29) is 43.4 Å². The molecule has 0 aliphatic carbocycles. The highest BCUT2D eigenvalue weighted by Crippen LogP contribution is 2.43. The molecule has 0 saturated carbocycles. The maximum atomic E-state index is 5.84. The predicted octanol–water partition coefficient (Wildman–Crippen LogP) is 20.4. The summed E-state index contributed by atoms with van der Waals surface area (Å²) in [5, 5.41) is 0. The maximum Gasteiger partial charge on any atom is 0.203 e. The molecule has 6 aromatic rings. The Bertz CT molecular complexity index is 3190. The zero-order valence-electron chi connectivity index (χ0n) is 50.6. The van der Waals surface area contributed by atoms with Crippen LogP contribution in [-0.4, -0.2) is 31.9 Å². The van der Waals surface area contributed by atoms with Crippen molar-refractivity contribution in [2.75, 3.05) is 12.0 Å². The molecule has 5 heteroatoms.